The summed E-state index contributed by atoms with van der Waals surface area (Å²) in [5.41, 5.74) is 8.24. The molecule has 1 aromatic rings. The third-order valence-electron chi connectivity index (χ3n) is 5.10. The number of aryl methyl sites for hydroxylation is 1. The summed E-state index contributed by atoms with van der Waals surface area (Å²) in [6, 6.07) is 9.55. The van der Waals surface area contributed by atoms with E-state index in [4.69, 9.17) is 5.73 Å². The maximum Gasteiger partial charge on any atom is 0.222 e. The quantitative estimate of drug-likeness (QED) is 0.882. The van der Waals surface area contributed by atoms with Crippen LogP contribution in [0.2, 0.25) is 0 Å². The standard InChI is InChI=1S/C16H22N2O/c1-10-3-5-11(6-4-10)13-9-12-7-8-14(18(12)2)15(13)16(17)19/h3-6,12-15H,7-9H2,1-2H3,(H2,17,19)/t12?,13-,14?,15+/m1/s1. The molecule has 1 amide bonds. The molecule has 3 nitrogen and oxygen atoms in total. The molecule has 2 bridgehead atoms. The Morgan fingerprint density at radius 1 is 1.26 bits per heavy atom. The predicted molar refractivity (Wildman–Crippen MR) is 75.8 cm³/mol. The SMILES string of the molecule is Cc1ccc([C@H]2CC3CCC([C@H]2C(N)=O)N3C)cc1. The largest absolute Gasteiger partial charge is 0.369 e. The van der Waals surface area contributed by atoms with Crippen LogP contribution in [0.4, 0.5) is 0 Å². The number of primary amides is 1. The van der Waals surface area contributed by atoms with Gasteiger partial charge in [0.15, 0.2) is 0 Å². The van der Waals surface area contributed by atoms with Gasteiger partial charge in [-0.3, -0.25) is 9.69 Å². The molecular weight excluding hydrogens is 236 g/mol. The van der Waals surface area contributed by atoms with Crippen LogP contribution in [0, 0.1) is 12.8 Å². The zero-order valence-electron chi connectivity index (χ0n) is 11.7. The first kappa shape index (κ1) is 12.7. The fourth-order valence-electron chi connectivity index (χ4n) is 4.01. The highest BCUT2D eigenvalue weighted by atomic mass is 16.1. The van der Waals surface area contributed by atoms with Crippen molar-refractivity contribution in [1.82, 2.24) is 4.90 Å². The van der Waals surface area contributed by atoms with Gasteiger partial charge in [0.05, 0.1) is 5.92 Å². The van der Waals surface area contributed by atoms with Crippen LogP contribution in [0.15, 0.2) is 24.3 Å². The lowest BCUT2D eigenvalue weighted by Gasteiger charge is -2.41. The lowest BCUT2D eigenvalue weighted by molar-refractivity contribution is -0.126. The van der Waals surface area contributed by atoms with Crippen LogP contribution < -0.4 is 5.73 Å². The number of hydrogen-bond acceptors (Lipinski definition) is 2. The van der Waals surface area contributed by atoms with Crippen molar-refractivity contribution in [3.63, 3.8) is 0 Å². The van der Waals surface area contributed by atoms with Gasteiger partial charge in [-0.25, -0.2) is 0 Å². The molecule has 2 aliphatic heterocycles. The van der Waals surface area contributed by atoms with E-state index >= 15 is 0 Å². The number of nitrogens with two attached hydrogens (primary N) is 1. The highest BCUT2D eigenvalue weighted by Gasteiger charge is 2.48. The lowest BCUT2D eigenvalue weighted by atomic mass is 9.75. The summed E-state index contributed by atoms with van der Waals surface area (Å²) in [6.07, 6.45) is 3.37. The molecule has 2 fully saturated rings. The molecule has 2 saturated heterocycles. The molecular formula is C16H22N2O. The zero-order valence-corrected chi connectivity index (χ0v) is 11.7. The molecule has 102 valence electrons. The van der Waals surface area contributed by atoms with E-state index in [0.29, 0.717) is 18.0 Å². The van der Waals surface area contributed by atoms with Crippen molar-refractivity contribution in [2.24, 2.45) is 11.7 Å². The summed E-state index contributed by atoms with van der Waals surface area (Å²) in [5.74, 6) is 0.126. The van der Waals surface area contributed by atoms with E-state index in [-0.39, 0.29) is 11.8 Å². The van der Waals surface area contributed by atoms with Crippen molar-refractivity contribution < 1.29 is 4.79 Å². The van der Waals surface area contributed by atoms with Crippen LogP contribution in [0.5, 0.6) is 0 Å². The van der Waals surface area contributed by atoms with E-state index in [9.17, 15) is 4.79 Å². The Balaban J connectivity index is 1.95. The monoisotopic (exact) mass is 258 g/mol. The molecule has 0 aromatic heterocycles. The second-order valence-corrected chi connectivity index (χ2v) is 6.15. The number of carbonyl (C=O) groups is 1. The van der Waals surface area contributed by atoms with Gasteiger partial charge in [0.25, 0.3) is 0 Å². The first-order valence-corrected chi connectivity index (χ1v) is 7.15. The Hall–Kier alpha value is -1.35. The molecule has 0 radical (unpaired) electrons. The van der Waals surface area contributed by atoms with Crippen molar-refractivity contribution >= 4 is 5.91 Å². The summed E-state index contributed by atoms with van der Waals surface area (Å²) in [6.45, 7) is 2.09. The summed E-state index contributed by atoms with van der Waals surface area (Å²) >= 11 is 0. The molecule has 19 heavy (non-hydrogen) atoms. The van der Waals surface area contributed by atoms with Gasteiger partial charge in [-0.2, -0.15) is 0 Å². The van der Waals surface area contributed by atoms with Gasteiger partial charge in [0.1, 0.15) is 0 Å². The minimum Gasteiger partial charge on any atom is -0.369 e. The summed E-state index contributed by atoms with van der Waals surface area (Å²) in [4.78, 5) is 14.3. The number of nitrogens with zero attached hydrogens (tertiary/aromatic N) is 1. The Morgan fingerprint density at radius 3 is 2.58 bits per heavy atom. The van der Waals surface area contributed by atoms with Gasteiger partial charge >= 0.3 is 0 Å². The number of carbonyl (C=O) groups excluding carboxylic acids is 1. The van der Waals surface area contributed by atoms with Crippen LogP contribution in [0.3, 0.4) is 0 Å². The fourth-order valence-corrected chi connectivity index (χ4v) is 4.01. The fraction of sp³-hybridized carbons (Fsp3) is 0.562. The normalized spacial score (nSPS) is 34.4. The molecule has 0 saturated carbocycles. The van der Waals surface area contributed by atoms with Gasteiger partial charge in [-0.05, 0) is 44.7 Å². The highest BCUT2D eigenvalue weighted by molar-refractivity contribution is 5.79. The minimum atomic E-state index is -0.136. The molecule has 0 spiro atoms. The molecule has 2 heterocycles. The van der Waals surface area contributed by atoms with Gasteiger partial charge in [-0.1, -0.05) is 29.8 Å². The first-order valence-electron chi connectivity index (χ1n) is 7.15. The topological polar surface area (TPSA) is 46.3 Å². The smallest absolute Gasteiger partial charge is 0.222 e. The number of benzene rings is 1. The molecule has 1 aromatic carbocycles. The van der Waals surface area contributed by atoms with Crippen molar-refractivity contribution in [1.29, 1.82) is 0 Å². The van der Waals surface area contributed by atoms with E-state index in [1.165, 1.54) is 17.5 Å². The van der Waals surface area contributed by atoms with Gasteiger partial charge in [-0.15, -0.1) is 0 Å². The average molecular weight is 258 g/mol. The second-order valence-electron chi connectivity index (χ2n) is 6.15. The lowest BCUT2D eigenvalue weighted by Crippen LogP contribution is -2.50. The number of rotatable bonds is 2. The van der Waals surface area contributed by atoms with Crippen LogP contribution in [-0.2, 0) is 4.79 Å². The number of piperidine rings is 1. The molecule has 4 atom stereocenters. The number of fused-ring (bicyclic) bond motifs is 2. The van der Waals surface area contributed by atoms with Crippen LogP contribution in [0.25, 0.3) is 0 Å². The summed E-state index contributed by atoms with van der Waals surface area (Å²) in [7, 11) is 2.14. The third kappa shape index (κ3) is 2.06. The second kappa shape index (κ2) is 4.64. The summed E-state index contributed by atoms with van der Waals surface area (Å²) in [5, 5.41) is 0. The minimum absolute atomic E-state index is 0.0357. The van der Waals surface area contributed by atoms with Crippen molar-refractivity contribution in [2.75, 3.05) is 7.05 Å². The number of hydrogen-bond donors (Lipinski definition) is 1. The Bertz CT molecular complexity index is 482. The Kier molecular flexibility index (Phi) is 3.09. The van der Waals surface area contributed by atoms with E-state index in [0.717, 1.165) is 12.8 Å². The number of amides is 1. The van der Waals surface area contributed by atoms with Crippen LogP contribution in [-0.4, -0.2) is 29.9 Å². The maximum atomic E-state index is 11.9. The summed E-state index contributed by atoms with van der Waals surface area (Å²) < 4.78 is 0. The molecule has 3 heteroatoms. The maximum absolute atomic E-state index is 11.9. The molecule has 0 aliphatic carbocycles. The first-order chi connectivity index (χ1) is 9.08. The predicted octanol–water partition coefficient (Wildman–Crippen LogP) is 2.05. The van der Waals surface area contributed by atoms with Gasteiger partial charge in [0, 0.05) is 12.1 Å². The average Bonchev–Trinajstić information content (AvgIpc) is 2.63. The van der Waals surface area contributed by atoms with Gasteiger partial charge < -0.3 is 5.73 Å². The van der Waals surface area contributed by atoms with Gasteiger partial charge in [0.2, 0.25) is 5.91 Å². The molecule has 3 rings (SSSR count). The Labute approximate surface area is 114 Å². The molecule has 2 aliphatic rings. The van der Waals surface area contributed by atoms with E-state index in [1.54, 1.807) is 0 Å². The van der Waals surface area contributed by atoms with Crippen LogP contribution in [0.1, 0.15) is 36.3 Å². The van der Waals surface area contributed by atoms with Crippen molar-refractivity contribution in [3.05, 3.63) is 35.4 Å². The molecule has 2 N–H and O–H groups in total. The highest BCUT2D eigenvalue weighted by Crippen LogP contribution is 2.45. The zero-order chi connectivity index (χ0) is 13.6. The Morgan fingerprint density at radius 2 is 1.95 bits per heavy atom. The van der Waals surface area contributed by atoms with Crippen molar-refractivity contribution in [2.45, 2.75) is 44.2 Å². The molecule has 2 unspecified atom stereocenters. The van der Waals surface area contributed by atoms with E-state index < -0.39 is 0 Å². The van der Waals surface area contributed by atoms with E-state index in [2.05, 4.69) is 43.1 Å². The van der Waals surface area contributed by atoms with Crippen molar-refractivity contribution in [3.8, 4) is 0 Å². The third-order valence-corrected chi connectivity index (χ3v) is 5.10. The van der Waals surface area contributed by atoms with E-state index in [1.807, 2.05) is 0 Å². The van der Waals surface area contributed by atoms with Crippen LogP contribution >= 0.6 is 0 Å².